The summed E-state index contributed by atoms with van der Waals surface area (Å²) in [5.41, 5.74) is 1.65. The van der Waals surface area contributed by atoms with Gasteiger partial charge in [0.2, 0.25) is 11.8 Å². The molecule has 1 N–H and O–H groups in total. The third kappa shape index (κ3) is 2.30. The van der Waals surface area contributed by atoms with Gasteiger partial charge in [0.05, 0.1) is 18.3 Å². The number of aryl methyl sites for hydroxylation is 2. The van der Waals surface area contributed by atoms with Crippen LogP contribution in [-0.2, 0) is 9.59 Å². The van der Waals surface area contributed by atoms with Crippen LogP contribution in [0.4, 0.5) is 0 Å². The van der Waals surface area contributed by atoms with Crippen molar-refractivity contribution in [2.75, 3.05) is 6.54 Å². The Balaban J connectivity index is 2.41. The van der Waals surface area contributed by atoms with Gasteiger partial charge in [0, 0.05) is 5.56 Å². The van der Waals surface area contributed by atoms with Gasteiger partial charge in [-0.15, -0.1) is 0 Å². The Morgan fingerprint density at radius 1 is 1.30 bits per heavy atom. The molecule has 0 saturated carbocycles. The monoisotopic (exact) mass is 279 g/mol. The first-order valence-electron chi connectivity index (χ1n) is 6.86. The molecular formula is C14H21N3O3. The molecule has 1 aromatic rings. The van der Waals surface area contributed by atoms with Crippen molar-refractivity contribution in [3.05, 3.63) is 17.0 Å². The number of carbonyl (C=O) groups excluding carboxylic acids is 2. The van der Waals surface area contributed by atoms with E-state index in [2.05, 4.69) is 10.5 Å². The van der Waals surface area contributed by atoms with Crippen molar-refractivity contribution in [1.82, 2.24) is 15.4 Å². The van der Waals surface area contributed by atoms with Crippen LogP contribution < -0.4 is 5.32 Å². The molecule has 6 heteroatoms. The molecule has 1 aromatic heterocycles. The first-order valence-corrected chi connectivity index (χ1v) is 6.86. The highest BCUT2D eigenvalue weighted by Crippen LogP contribution is 2.31. The molecule has 2 heterocycles. The zero-order valence-corrected chi connectivity index (χ0v) is 12.6. The van der Waals surface area contributed by atoms with Crippen molar-refractivity contribution in [2.45, 2.75) is 46.7 Å². The van der Waals surface area contributed by atoms with Crippen molar-refractivity contribution in [2.24, 2.45) is 5.92 Å². The highest BCUT2D eigenvalue weighted by atomic mass is 16.5. The Kier molecular flexibility index (Phi) is 3.83. The van der Waals surface area contributed by atoms with E-state index in [1.807, 2.05) is 34.6 Å². The summed E-state index contributed by atoms with van der Waals surface area (Å²) in [5, 5.41) is 6.59. The molecule has 0 spiro atoms. The zero-order chi connectivity index (χ0) is 15.0. The number of piperazine rings is 1. The molecule has 2 rings (SSSR count). The first-order chi connectivity index (χ1) is 9.34. The molecular weight excluding hydrogens is 258 g/mol. The summed E-state index contributed by atoms with van der Waals surface area (Å²) in [4.78, 5) is 26.0. The van der Waals surface area contributed by atoms with E-state index in [1.165, 1.54) is 0 Å². The molecule has 1 saturated heterocycles. The van der Waals surface area contributed by atoms with Gasteiger partial charge < -0.3 is 14.7 Å². The highest BCUT2D eigenvalue weighted by Gasteiger charge is 2.40. The third-order valence-corrected chi connectivity index (χ3v) is 3.83. The molecule has 2 atom stereocenters. The summed E-state index contributed by atoms with van der Waals surface area (Å²) in [7, 11) is 0. The van der Waals surface area contributed by atoms with Gasteiger partial charge in [0.25, 0.3) is 0 Å². The fourth-order valence-electron chi connectivity index (χ4n) is 2.95. The highest BCUT2D eigenvalue weighted by molar-refractivity contribution is 5.95. The van der Waals surface area contributed by atoms with E-state index in [9.17, 15) is 9.59 Å². The Morgan fingerprint density at radius 3 is 2.45 bits per heavy atom. The average molecular weight is 279 g/mol. The number of nitrogens with one attached hydrogen (secondary N) is 1. The van der Waals surface area contributed by atoms with Crippen molar-refractivity contribution >= 4 is 11.8 Å². The summed E-state index contributed by atoms with van der Waals surface area (Å²) in [6.07, 6.45) is 0. The lowest BCUT2D eigenvalue weighted by Crippen LogP contribution is -2.60. The van der Waals surface area contributed by atoms with Crippen LogP contribution in [0, 0.1) is 19.8 Å². The van der Waals surface area contributed by atoms with Crippen LogP contribution >= 0.6 is 0 Å². The second-order valence-corrected chi connectivity index (χ2v) is 5.62. The van der Waals surface area contributed by atoms with Crippen molar-refractivity contribution in [1.29, 1.82) is 0 Å². The summed E-state index contributed by atoms with van der Waals surface area (Å²) in [6.45, 7) is 9.52. The predicted octanol–water partition coefficient (Wildman–Crippen LogP) is 1.34. The van der Waals surface area contributed by atoms with Crippen molar-refractivity contribution in [3.8, 4) is 0 Å². The summed E-state index contributed by atoms with van der Waals surface area (Å²) in [6, 6.07) is -0.688. The summed E-state index contributed by atoms with van der Waals surface area (Å²) >= 11 is 0. The van der Waals surface area contributed by atoms with Crippen LogP contribution in [0.3, 0.4) is 0 Å². The SMILES string of the molecule is Cc1noc(C)c1C(C)N1C(=O)CNC(=O)C1C(C)C. The topological polar surface area (TPSA) is 75.4 Å². The number of hydrogen-bond donors (Lipinski definition) is 1. The maximum Gasteiger partial charge on any atom is 0.243 e. The fraction of sp³-hybridized carbons (Fsp3) is 0.643. The van der Waals surface area contributed by atoms with Crippen LogP contribution in [0.25, 0.3) is 0 Å². The third-order valence-electron chi connectivity index (χ3n) is 3.83. The summed E-state index contributed by atoms with van der Waals surface area (Å²) in [5.74, 6) is 0.562. The first kappa shape index (κ1) is 14.6. The molecule has 1 aliphatic rings. The normalized spacial score (nSPS) is 21.3. The minimum Gasteiger partial charge on any atom is -0.361 e. The second-order valence-electron chi connectivity index (χ2n) is 5.62. The lowest BCUT2D eigenvalue weighted by Gasteiger charge is -2.41. The van der Waals surface area contributed by atoms with Gasteiger partial charge in [-0.3, -0.25) is 9.59 Å². The van der Waals surface area contributed by atoms with E-state index in [0.29, 0.717) is 5.76 Å². The molecule has 0 bridgehead atoms. The molecule has 6 nitrogen and oxygen atoms in total. The minimum atomic E-state index is -0.458. The Hall–Kier alpha value is -1.85. The maximum absolute atomic E-state index is 12.3. The van der Waals surface area contributed by atoms with Gasteiger partial charge in [-0.25, -0.2) is 0 Å². The lowest BCUT2D eigenvalue weighted by atomic mass is 9.95. The molecule has 2 amide bonds. The van der Waals surface area contributed by atoms with Gasteiger partial charge in [0.1, 0.15) is 11.8 Å². The molecule has 0 radical (unpaired) electrons. The Morgan fingerprint density at radius 2 is 1.95 bits per heavy atom. The van der Waals surface area contributed by atoms with Crippen LogP contribution in [-0.4, -0.2) is 34.5 Å². The van der Waals surface area contributed by atoms with Gasteiger partial charge >= 0.3 is 0 Å². The van der Waals surface area contributed by atoms with Crippen LogP contribution in [0.2, 0.25) is 0 Å². The molecule has 0 aliphatic carbocycles. The fourth-order valence-corrected chi connectivity index (χ4v) is 2.95. The number of aromatic nitrogens is 1. The Bertz CT molecular complexity index is 516. The second kappa shape index (κ2) is 5.26. The van der Waals surface area contributed by atoms with Gasteiger partial charge in [0.15, 0.2) is 0 Å². The molecule has 110 valence electrons. The summed E-state index contributed by atoms with van der Waals surface area (Å²) < 4.78 is 5.18. The number of nitrogens with zero attached hydrogens (tertiary/aromatic N) is 2. The largest absolute Gasteiger partial charge is 0.361 e. The average Bonchev–Trinajstić information content (AvgIpc) is 2.70. The lowest BCUT2D eigenvalue weighted by molar-refractivity contribution is -0.150. The van der Waals surface area contributed by atoms with Gasteiger partial charge in [-0.1, -0.05) is 19.0 Å². The molecule has 1 aliphatic heterocycles. The van der Waals surface area contributed by atoms with E-state index in [4.69, 9.17) is 4.52 Å². The van der Waals surface area contributed by atoms with E-state index in [-0.39, 0.29) is 30.3 Å². The maximum atomic E-state index is 12.3. The molecule has 1 fully saturated rings. The minimum absolute atomic E-state index is 0.0437. The van der Waals surface area contributed by atoms with Crippen LogP contribution in [0.1, 0.15) is 43.8 Å². The standard InChI is InChI=1S/C14H21N3O3/c1-7(2)13-14(19)15-6-11(18)17(13)9(4)12-8(3)16-20-10(12)5/h7,9,13H,6H2,1-5H3,(H,15,19). The van der Waals surface area contributed by atoms with Gasteiger partial charge in [-0.05, 0) is 26.7 Å². The number of carbonyl (C=O) groups is 2. The molecule has 20 heavy (non-hydrogen) atoms. The Labute approximate surface area is 118 Å². The van der Waals surface area contributed by atoms with Crippen LogP contribution in [0.15, 0.2) is 4.52 Å². The van der Waals surface area contributed by atoms with E-state index in [1.54, 1.807) is 4.90 Å². The number of rotatable bonds is 3. The predicted molar refractivity (Wildman–Crippen MR) is 72.9 cm³/mol. The molecule has 2 unspecified atom stereocenters. The van der Waals surface area contributed by atoms with Crippen molar-refractivity contribution < 1.29 is 14.1 Å². The smallest absolute Gasteiger partial charge is 0.243 e. The van der Waals surface area contributed by atoms with Crippen molar-refractivity contribution in [3.63, 3.8) is 0 Å². The van der Waals surface area contributed by atoms with E-state index < -0.39 is 6.04 Å². The van der Waals surface area contributed by atoms with Crippen LogP contribution in [0.5, 0.6) is 0 Å². The number of hydrogen-bond acceptors (Lipinski definition) is 4. The van der Waals surface area contributed by atoms with E-state index >= 15 is 0 Å². The quantitative estimate of drug-likeness (QED) is 0.906. The zero-order valence-electron chi connectivity index (χ0n) is 12.6. The van der Waals surface area contributed by atoms with Gasteiger partial charge in [-0.2, -0.15) is 0 Å². The molecule has 0 aromatic carbocycles. The number of amides is 2. The van der Waals surface area contributed by atoms with E-state index in [0.717, 1.165) is 11.3 Å².